The predicted molar refractivity (Wildman–Crippen MR) is 115 cm³/mol. The second-order valence-electron chi connectivity index (χ2n) is 8.10. The predicted octanol–water partition coefficient (Wildman–Crippen LogP) is 1.82. The molecule has 1 amide bonds. The molecule has 0 heterocycles. The molecular weight excluding hydrogens is 388 g/mol. The molecule has 0 aliphatic carbocycles. The number of ether oxygens (including phenoxy) is 2. The van der Waals surface area contributed by atoms with Crippen LogP contribution >= 0.6 is 0 Å². The number of likely N-dealkylation sites (N-methyl/N-ethyl adjacent to an activating group) is 1. The number of carboxylic acids is 1. The molecule has 0 aliphatic rings. The molecule has 1 aromatic carbocycles. The molecule has 5 N–H and O–H groups in total. The van der Waals surface area contributed by atoms with Gasteiger partial charge in [0.1, 0.15) is 0 Å². The number of aliphatic hydroxyl groups excluding tert-OH is 1. The minimum atomic E-state index is -0.941. The number of aliphatic carboxylic acids is 1. The molecule has 0 aromatic heterocycles. The van der Waals surface area contributed by atoms with Gasteiger partial charge in [0.25, 0.3) is 5.91 Å². The van der Waals surface area contributed by atoms with Gasteiger partial charge < -0.3 is 30.7 Å². The number of carbonyl (C=O) groups is 2. The quantitative estimate of drug-likeness (QED) is 0.380. The fraction of sp³-hybridized carbons (Fsp3) is 0.636. The van der Waals surface area contributed by atoms with Crippen molar-refractivity contribution in [1.82, 2.24) is 5.32 Å². The van der Waals surface area contributed by atoms with Gasteiger partial charge in [-0.15, -0.1) is 0 Å². The van der Waals surface area contributed by atoms with Crippen LogP contribution in [0.1, 0.15) is 39.2 Å². The lowest BCUT2D eigenvalue weighted by Crippen LogP contribution is -2.39. The Morgan fingerprint density at radius 3 is 2.37 bits per heavy atom. The van der Waals surface area contributed by atoms with Gasteiger partial charge in [0.05, 0.1) is 19.1 Å². The van der Waals surface area contributed by atoms with Gasteiger partial charge in [-0.2, -0.15) is 0 Å². The van der Waals surface area contributed by atoms with Crippen LogP contribution in [0.2, 0.25) is 0 Å². The number of rotatable bonds is 13. The molecule has 0 saturated heterocycles. The van der Waals surface area contributed by atoms with Crippen molar-refractivity contribution in [2.45, 2.75) is 52.2 Å². The summed E-state index contributed by atoms with van der Waals surface area (Å²) in [5, 5.41) is 21.9. The van der Waals surface area contributed by atoms with Crippen molar-refractivity contribution in [3.8, 4) is 11.5 Å². The number of nitrogens with two attached hydrogens (primary N) is 1. The Morgan fingerprint density at radius 2 is 1.83 bits per heavy atom. The summed E-state index contributed by atoms with van der Waals surface area (Å²) in [6.07, 6.45) is 0.513. The Hall–Kier alpha value is -2.32. The molecule has 1 aromatic rings. The molecule has 0 saturated carbocycles. The Kier molecular flexibility index (Phi) is 10.6. The van der Waals surface area contributed by atoms with Crippen LogP contribution in [0.5, 0.6) is 11.5 Å². The normalized spacial score (nSPS) is 15.2. The lowest BCUT2D eigenvalue weighted by molar-refractivity contribution is -0.142. The van der Waals surface area contributed by atoms with E-state index in [0.717, 1.165) is 5.56 Å². The van der Waals surface area contributed by atoms with Crippen molar-refractivity contribution in [2.75, 3.05) is 20.8 Å². The summed E-state index contributed by atoms with van der Waals surface area (Å²) in [6.45, 7) is 5.64. The van der Waals surface area contributed by atoms with Crippen LogP contribution in [-0.4, -0.2) is 55.0 Å². The third kappa shape index (κ3) is 8.20. The summed E-state index contributed by atoms with van der Waals surface area (Å²) in [5.74, 6) is -0.320. The molecule has 30 heavy (non-hydrogen) atoms. The van der Waals surface area contributed by atoms with Crippen molar-refractivity contribution >= 4 is 11.9 Å². The standard InChI is InChI=1S/C22H36N2O6/c1-13(2)16(11-17(23)18(25)8-14(3)22(27)28)9-15-6-7-19(29-5)20(10-15)30-12-21(26)24-4/h6-7,10,13-14,16-18,25H,8-9,11-12,23H2,1-5H3,(H,24,26)(H,27,28)/t14-,16+,17+,18+/m1/s1. The smallest absolute Gasteiger partial charge is 0.306 e. The molecule has 4 atom stereocenters. The van der Waals surface area contributed by atoms with Gasteiger partial charge in [-0.05, 0) is 48.8 Å². The molecule has 0 unspecified atom stereocenters. The topological polar surface area (TPSA) is 131 Å². The highest BCUT2D eigenvalue weighted by Crippen LogP contribution is 2.31. The Labute approximate surface area is 178 Å². The summed E-state index contributed by atoms with van der Waals surface area (Å²) >= 11 is 0. The van der Waals surface area contributed by atoms with Crippen LogP contribution in [0.4, 0.5) is 0 Å². The number of carbonyl (C=O) groups excluding carboxylic acids is 1. The Bertz CT molecular complexity index is 694. The molecule has 0 fully saturated rings. The summed E-state index contributed by atoms with van der Waals surface area (Å²) in [7, 11) is 3.08. The van der Waals surface area contributed by atoms with E-state index in [1.165, 1.54) is 7.11 Å². The van der Waals surface area contributed by atoms with Gasteiger partial charge in [0, 0.05) is 13.1 Å². The van der Waals surface area contributed by atoms with Crippen LogP contribution in [0.3, 0.4) is 0 Å². The first kappa shape index (κ1) is 25.7. The molecule has 8 heteroatoms. The number of hydrogen-bond donors (Lipinski definition) is 4. The van der Waals surface area contributed by atoms with Crippen molar-refractivity contribution in [3.63, 3.8) is 0 Å². The highest BCUT2D eigenvalue weighted by atomic mass is 16.5. The number of aliphatic hydroxyl groups is 1. The van der Waals surface area contributed by atoms with Gasteiger partial charge in [0.2, 0.25) is 0 Å². The minimum absolute atomic E-state index is 0.108. The number of amides is 1. The number of benzene rings is 1. The van der Waals surface area contributed by atoms with E-state index in [4.69, 9.17) is 20.3 Å². The molecule has 0 spiro atoms. The maximum absolute atomic E-state index is 11.5. The second-order valence-corrected chi connectivity index (χ2v) is 8.10. The number of methoxy groups -OCH3 is 1. The van der Waals surface area contributed by atoms with Crippen molar-refractivity contribution in [1.29, 1.82) is 0 Å². The molecule has 0 aliphatic heterocycles. The zero-order valence-electron chi connectivity index (χ0n) is 18.6. The molecular formula is C22H36N2O6. The van der Waals surface area contributed by atoms with E-state index in [2.05, 4.69) is 19.2 Å². The van der Waals surface area contributed by atoms with Gasteiger partial charge in [-0.25, -0.2) is 0 Å². The van der Waals surface area contributed by atoms with Crippen molar-refractivity contribution in [2.24, 2.45) is 23.5 Å². The zero-order valence-corrected chi connectivity index (χ0v) is 18.6. The maximum atomic E-state index is 11.5. The summed E-state index contributed by atoms with van der Waals surface area (Å²) in [4.78, 5) is 22.5. The first-order valence-electron chi connectivity index (χ1n) is 10.3. The van der Waals surface area contributed by atoms with Crippen LogP contribution < -0.4 is 20.5 Å². The van der Waals surface area contributed by atoms with E-state index in [1.54, 1.807) is 20.0 Å². The van der Waals surface area contributed by atoms with Crippen LogP contribution in [0.15, 0.2) is 18.2 Å². The molecule has 0 bridgehead atoms. The first-order chi connectivity index (χ1) is 14.1. The number of carboxylic acid groups (broad SMARTS) is 1. The Balaban J connectivity index is 2.86. The monoisotopic (exact) mass is 424 g/mol. The SMILES string of the molecule is CNC(=O)COc1cc(C[C@@H](C[C@H](N)[C@@H](O)C[C@@H](C)C(=O)O)C(C)C)ccc1OC. The fourth-order valence-corrected chi connectivity index (χ4v) is 3.21. The van der Waals surface area contributed by atoms with E-state index >= 15 is 0 Å². The van der Waals surface area contributed by atoms with E-state index in [-0.39, 0.29) is 24.9 Å². The molecule has 1 rings (SSSR count). The van der Waals surface area contributed by atoms with Crippen LogP contribution in [-0.2, 0) is 16.0 Å². The van der Waals surface area contributed by atoms with Crippen molar-refractivity contribution in [3.05, 3.63) is 23.8 Å². The second kappa shape index (κ2) is 12.4. The Morgan fingerprint density at radius 1 is 1.17 bits per heavy atom. The van der Waals surface area contributed by atoms with E-state index in [0.29, 0.717) is 30.3 Å². The van der Waals surface area contributed by atoms with E-state index in [1.807, 2.05) is 12.1 Å². The van der Waals surface area contributed by atoms with Gasteiger partial charge in [0.15, 0.2) is 18.1 Å². The average Bonchev–Trinajstić information content (AvgIpc) is 2.70. The first-order valence-corrected chi connectivity index (χ1v) is 10.3. The third-order valence-electron chi connectivity index (χ3n) is 5.39. The third-order valence-corrected chi connectivity index (χ3v) is 5.39. The van der Waals surface area contributed by atoms with Gasteiger partial charge in [-0.1, -0.05) is 26.8 Å². The summed E-state index contributed by atoms with van der Waals surface area (Å²) in [5.41, 5.74) is 7.20. The molecule has 8 nitrogen and oxygen atoms in total. The number of nitrogens with one attached hydrogen (secondary N) is 1. The van der Waals surface area contributed by atoms with E-state index < -0.39 is 24.0 Å². The average molecular weight is 425 g/mol. The molecule has 0 radical (unpaired) electrons. The highest BCUT2D eigenvalue weighted by Gasteiger charge is 2.26. The van der Waals surface area contributed by atoms with Crippen LogP contribution in [0, 0.1) is 17.8 Å². The van der Waals surface area contributed by atoms with Crippen molar-refractivity contribution < 1.29 is 29.3 Å². The highest BCUT2D eigenvalue weighted by molar-refractivity contribution is 5.77. The largest absolute Gasteiger partial charge is 0.493 e. The maximum Gasteiger partial charge on any atom is 0.306 e. The lowest BCUT2D eigenvalue weighted by atomic mass is 9.82. The summed E-state index contributed by atoms with van der Waals surface area (Å²) < 4.78 is 10.9. The fourth-order valence-electron chi connectivity index (χ4n) is 3.21. The lowest BCUT2D eigenvalue weighted by Gasteiger charge is -2.28. The molecule has 170 valence electrons. The van der Waals surface area contributed by atoms with Gasteiger partial charge >= 0.3 is 5.97 Å². The van der Waals surface area contributed by atoms with E-state index in [9.17, 15) is 14.7 Å². The van der Waals surface area contributed by atoms with Gasteiger partial charge in [-0.3, -0.25) is 9.59 Å². The van der Waals surface area contributed by atoms with Crippen LogP contribution in [0.25, 0.3) is 0 Å². The number of hydrogen-bond acceptors (Lipinski definition) is 6. The zero-order chi connectivity index (χ0) is 22.8. The summed E-state index contributed by atoms with van der Waals surface area (Å²) in [6, 6.07) is 5.08. The minimum Gasteiger partial charge on any atom is -0.493 e.